The molecule has 0 saturated carbocycles. The van der Waals surface area contributed by atoms with Crippen LogP contribution in [0.5, 0.6) is 0 Å². The molecule has 1 aliphatic heterocycles. The van der Waals surface area contributed by atoms with Crippen molar-refractivity contribution in [1.29, 1.82) is 0 Å². The van der Waals surface area contributed by atoms with Gasteiger partial charge >= 0.3 is 0 Å². The van der Waals surface area contributed by atoms with Gasteiger partial charge in [0.2, 0.25) is 5.91 Å². The molecule has 0 spiro atoms. The predicted octanol–water partition coefficient (Wildman–Crippen LogP) is 7.14. The van der Waals surface area contributed by atoms with E-state index in [0.29, 0.717) is 52.4 Å². The molecule has 0 aromatic heterocycles. The Bertz CT molecular complexity index is 1420. The molecule has 0 radical (unpaired) electrons. The van der Waals surface area contributed by atoms with E-state index in [2.05, 4.69) is 6.58 Å². The molecule has 6 nitrogen and oxygen atoms in total. The van der Waals surface area contributed by atoms with E-state index in [9.17, 15) is 4.79 Å². The average molecular weight is 606 g/mol. The van der Waals surface area contributed by atoms with Crippen LogP contribution in [0, 0.1) is 0 Å². The monoisotopic (exact) mass is 605 g/mol. The topological polar surface area (TPSA) is 57.2 Å². The van der Waals surface area contributed by atoms with Crippen LogP contribution in [0.4, 0.5) is 0 Å². The van der Waals surface area contributed by atoms with Gasteiger partial charge in [-0.25, -0.2) is 0 Å². The molecular formula is C39H43NO5. The minimum absolute atomic E-state index is 0.0198. The highest BCUT2D eigenvalue weighted by Crippen LogP contribution is 2.30. The van der Waals surface area contributed by atoms with Crippen molar-refractivity contribution in [1.82, 2.24) is 4.90 Å². The van der Waals surface area contributed by atoms with E-state index in [-0.39, 0.29) is 11.9 Å². The maximum absolute atomic E-state index is 13.8. The molecule has 0 N–H and O–H groups in total. The van der Waals surface area contributed by atoms with Gasteiger partial charge in [-0.1, -0.05) is 127 Å². The Kier molecular flexibility index (Phi) is 12.5. The van der Waals surface area contributed by atoms with Crippen molar-refractivity contribution in [3.63, 3.8) is 0 Å². The molecular weight excluding hydrogens is 562 g/mol. The zero-order valence-corrected chi connectivity index (χ0v) is 25.8. The van der Waals surface area contributed by atoms with Gasteiger partial charge in [0.1, 0.15) is 18.3 Å². The fraction of sp³-hybridized carbons (Fsp3) is 0.308. The largest absolute Gasteiger partial charge is 0.375 e. The Morgan fingerprint density at radius 2 is 1.09 bits per heavy atom. The Hall–Kier alpha value is -4.07. The molecule has 234 valence electrons. The second-order valence-electron chi connectivity index (χ2n) is 11.3. The van der Waals surface area contributed by atoms with Gasteiger partial charge in [0.25, 0.3) is 0 Å². The van der Waals surface area contributed by atoms with E-state index in [4.69, 9.17) is 18.9 Å². The van der Waals surface area contributed by atoms with E-state index in [1.165, 1.54) is 0 Å². The number of ether oxygens (including phenoxy) is 4. The number of hydrogen-bond donors (Lipinski definition) is 0. The summed E-state index contributed by atoms with van der Waals surface area (Å²) in [6.45, 7) is 6.09. The number of amides is 1. The number of hydrogen-bond acceptors (Lipinski definition) is 5. The molecule has 1 heterocycles. The van der Waals surface area contributed by atoms with Crippen molar-refractivity contribution >= 4 is 5.91 Å². The van der Waals surface area contributed by atoms with Gasteiger partial charge in [0.15, 0.2) is 0 Å². The lowest BCUT2D eigenvalue weighted by molar-refractivity contribution is -0.211. The summed E-state index contributed by atoms with van der Waals surface area (Å²) >= 11 is 0. The molecule has 4 aromatic carbocycles. The second-order valence-corrected chi connectivity index (χ2v) is 11.3. The predicted molar refractivity (Wildman–Crippen MR) is 176 cm³/mol. The number of allylic oxidation sites excluding steroid dienone is 1. The molecule has 1 saturated heterocycles. The molecule has 0 unspecified atom stereocenters. The Balaban J connectivity index is 1.45. The van der Waals surface area contributed by atoms with Gasteiger partial charge in [-0.3, -0.25) is 4.79 Å². The lowest BCUT2D eigenvalue weighted by Gasteiger charge is -2.48. The smallest absolute Gasteiger partial charge is 0.223 e. The van der Waals surface area contributed by atoms with Crippen LogP contribution in [-0.4, -0.2) is 48.3 Å². The standard InChI is InChI=1S/C39H43NO5/c1-2-3-24-37(41)40-25-36(43-27-32-18-10-5-11-19-32)39(45-29-34-22-14-7-15-23-34)38(44-28-33-20-12-6-13-21-33)35(40)30-42-26-31-16-8-4-9-17-31/h2,4-23,35-36,38-39H,1,3,24-30H2/t35-,36+,38-,39-/m1/s1. The van der Waals surface area contributed by atoms with Crippen molar-refractivity contribution in [2.45, 2.75) is 63.6 Å². The van der Waals surface area contributed by atoms with E-state index in [1.54, 1.807) is 6.08 Å². The lowest BCUT2D eigenvalue weighted by Crippen LogP contribution is -2.65. The van der Waals surface area contributed by atoms with E-state index >= 15 is 0 Å². The third-order valence-electron chi connectivity index (χ3n) is 8.01. The van der Waals surface area contributed by atoms with Gasteiger partial charge in [-0.05, 0) is 28.7 Å². The maximum atomic E-state index is 13.8. The first-order valence-electron chi connectivity index (χ1n) is 15.7. The fourth-order valence-corrected chi connectivity index (χ4v) is 5.62. The summed E-state index contributed by atoms with van der Waals surface area (Å²) < 4.78 is 26.4. The highest BCUT2D eigenvalue weighted by molar-refractivity contribution is 5.77. The summed E-state index contributed by atoms with van der Waals surface area (Å²) in [6, 6.07) is 39.9. The maximum Gasteiger partial charge on any atom is 0.223 e. The highest BCUT2D eigenvalue weighted by Gasteiger charge is 2.47. The quantitative estimate of drug-likeness (QED) is 0.127. The number of carbonyl (C=O) groups is 1. The average Bonchev–Trinajstić information content (AvgIpc) is 3.10. The van der Waals surface area contributed by atoms with Crippen molar-refractivity contribution in [3.8, 4) is 0 Å². The lowest BCUT2D eigenvalue weighted by atomic mass is 9.92. The summed E-state index contributed by atoms with van der Waals surface area (Å²) in [5, 5.41) is 0. The van der Waals surface area contributed by atoms with Crippen molar-refractivity contribution in [2.24, 2.45) is 0 Å². The van der Waals surface area contributed by atoms with Crippen LogP contribution < -0.4 is 0 Å². The summed E-state index contributed by atoms with van der Waals surface area (Å²) in [5.74, 6) is 0.0198. The van der Waals surface area contributed by atoms with Crippen LogP contribution in [-0.2, 0) is 50.2 Å². The van der Waals surface area contributed by atoms with Crippen LogP contribution in [0.1, 0.15) is 35.1 Å². The highest BCUT2D eigenvalue weighted by atomic mass is 16.6. The van der Waals surface area contributed by atoms with Crippen LogP contribution in [0.2, 0.25) is 0 Å². The van der Waals surface area contributed by atoms with Gasteiger partial charge < -0.3 is 23.8 Å². The fourth-order valence-electron chi connectivity index (χ4n) is 5.62. The van der Waals surface area contributed by atoms with Crippen LogP contribution >= 0.6 is 0 Å². The van der Waals surface area contributed by atoms with E-state index in [0.717, 1.165) is 22.3 Å². The van der Waals surface area contributed by atoms with Crippen molar-refractivity contribution in [2.75, 3.05) is 13.2 Å². The molecule has 0 bridgehead atoms. The molecule has 0 aliphatic carbocycles. The van der Waals surface area contributed by atoms with Crippen molar-refractivity contribution < 1.29 is 23.7 Å². The first kappa shape index (κ1) is 32.3. The molecule has 45 heavy (non-hydrogen) atoms. The Labute approximate surface area is 267 Å². The molecule has 1 amide bonds. The summed E-state index contributed by atoms with van der Waals surface area (Å²) in [5.41, 5.74) is 4.22. The zero-order chi connectivity index (χ0) is 31.1. The first-order chi connectivity index (χ1) is 22.2. The molecule has 1 fully saturated rings. The third-order valence-corrected chi connectivity index (χ3v) is 8.01. The summed E-state index contributed by atoms with van der Waals surface area (Å²) in [7, 11) is 0. The molecule has 4 atom stereocenters. The summed E-state index contributed by atoms with van der Waals surface area (Å²) in [6.07, 6.45) is 1.34. The van der Waals surface area contributed by atoms with Crippen LogP contribution in [0.3, 0.4) is 0 Å². The minimum Gasteiger partial charge on any atom is -0.375 e. The SMILES string of the molecule is C=CCCC(=O)N1C[C@H](OCc2ccccc2)[C@@H](OCc2ccccc2)[C@H](OCc2ccccc2)[C@H]1COCc1ccccc1. The van der Waals surface area contributed by atoms with Crippen LogP contribution in [0.15, 0.2) is 134 Å². The molecule has 1 aliphatic rings. The molecule has 6 heteroatoms. The van der Waals surface area contributed by atoms with Gasteiger partial charge in [0, 0.05) is 6.42 Å². The van der Waals surface area contributed by atoms with Gasteiger partial charge in [-0.15, -0.1) is 6.58 Å². The number of piperidine rings is 1. The number of carbonyl (C=O) groups excluding carboxylic acids is 1. The third kappa shape index (κ3) is 9.71. The first-order valence-corrected chi connectivity index (χ1v) is 15.7. The molecule has 5 rings (SSSR count). The van der Waals surface area contributed by atoms with E-state index in [1.807, 2.05) is 126 Å². The Morgan fingerprint density at radius 1 is 0.644 bits per heavy atom. The summed E-state index contributed by atoms with van der Waals surface area (Å²) in [4.78, 5) is 15.7. The molecule has 4 aromatic rings. The second kappa shape index (κ2) is 17.4. The minimum atomic E-state index is -0.508. The van der Waals surface area contributed by atoms with Crippen molar-refractivity contribution in [3.05, 3.63) is 156 Å². The van der Waals surface area contributed by atoms with Gasteiger partial charge in [0.05, 0.1) is 45.6 Å². The normalized spacial score (nSPS) is 19.7. The van der Waals surface area contributed by atoms with Gasteiger partial charge in [-0.2, -0.15) is 0 Å². The number of rotatable bonds is 16. The van der Waals surface area contributed by atoms with Crippen LogP contribution in [0.25, 0.3) is 0 Å². The number of benzene rings is 4. The Morgan fingerprint density at radius 3 is 1.58 bits per heavy atom. The zero-order valence-electron chi connectivity index (χ0n) is 25.8. The number of likely N-dealkylation sites (tertiary alicyclic amines) is 1. The number of nitrogens with zero attached hydrogens (tertiary/aromatic N) is 1. The van der Waals surface area contributed by atoms with E-state index < -0.39 is 18.3 Å².